The second-order valence-electron chi connectivity index (χ2n) is 4.09. The number of carbonyl (C=O) groups excluding carboxylic acids is 1. The number of nitrogens with two attached hydrogens (primary N) is 1. The topological polar surface area (TPSA) is 104 Å². The summed E-state index contributed by atoms with van der Waals surface area (Å²) in [5, 5.41) is 13.5. The Morgan fingerprint density at radius 2 is 2.15 bits per heavy atom. The van der Waals surface area contributed by atoms with E-state index in [1.165, 1.54) is 11.8 Å². The van der Waals surface area contributed by atoms with Crippen LogP contribution in [-0.4, -0.2) is 36.2 Å². The fourth-order valence-electron chi connectivity index (χ4n) is 1.69. The van der Waals surface area contributed by atoms with Gasteiger partial charge in [0.15, 0.2) is 11.0 Å². The molecule has 2 aromatic rings. The predicted octanol–water partition coefficient (Wildman–Crippen LogP) is 0.259. The number of nitrogens with zero attached hydrogens (tertiary/aromatic N) is 5. The number of halogens is 1. The first kappa shape index (κ1) is 14.8. The van der Waals surface area contributed by atoms with Gasteiger partial charge in [0.2, 0.25) is 5.91 Å². The van der Waals surface area contributed by atoms with E-state index in [1.807, 2.05) is 6.92 Å². The highest BCUT2D eigenvalue weighted by molar-refractivity contribution is 7.99. The van der Waals surface area contributed by atoms with Gasteiger partial charge in [-0.1, -0.05) is 23.4 Å². The average Bonchev–Trinajstić information content (AvgIpc) is 2.88. The summed E-state index contributed by atoms with van der Waals surface area (Å²) in [6, 6.07) is 0. The van der Waals surface area contributed by atoms with Crippen LogP contribution in [0.2, 0.25) is 5.02 Å². The number of amides is 1. The number of hydrogen-bond acceptors (Lipinski definition) is 6. The van der Waals surface area contributed by atoms with Crippen molar-refractivity contribution in [1.29, 1.82) is 0 Å². The fraction of sp³-hybridized carbons (Fsp3) is 0.400. The maximum atomic E-state index is 11.1. The highest BCUT2D eigenvalue weighted by atomic mass is 35.5. The molecule has 0 saturated heterocycles. The molecule has 2 rings (SSSR count). The fourth-order valence-corrected chi connectivity index (χ4v) is 2.66. The van der Waals surface area contributed by atoms with Gasteiger partial charge in [-0.15, -0.1) is 10.2 Å². The van der Waals surface area contributed by atoms with Gasteiger partial charge < -0.3 is 4.57 Å². The van der Waals surface area contributed by atoms with Crippen molar-refractivity contribution >= 4 is 29.3 Å². The molecule has 0 radical (unpaired) electrons. The summed E-state index contributed by atoms with van der Waals surface area (Å²) >= 11 is 7.47. The van der Waals surface area contributed by atoms with E-state index in [-0.39, 0.29) is 11.7 Å². The number of hydrogen-bond donors (Lipinski definition) is 2. The zero-order chi connectivity index (χ0) is 14.9. The molecule has 20 heavy (non-hydrogen) atoms. The van der Waals surface area contributed by atoms with Gasteiger partial charge in [-0.3, -0.25) is 14.9 Å². The maximum Gasteiger partial charge on any atom is 0.244 e. The SMILES string of the molecule is Cc1nn(C)c(-c2nnc(SCC(=O)NN)n2C)c1Cl. The summed E-state index contributed by atoms with van der Waals surface area (Å²) in [4.78, 5) is 11.1. The Labute approximate surface area is 124 Å². The smallest absolute Gasteiger partial charge is 0.244 e. The van der Waals surface area contributed by atoms with Gasteiger partial charge in [-0.25, -0.2) is 5.84 Å². The van der Waals surface area contributed by atoms with Crippen LogP contribution in [0.25, 0.3) is 11.5 Å². The summed E-state index contributed by atoms with van der Waals surface area (Å²) in [5.41, 5.74) is 3.48. The lowest BCUT2D eigenvalue weighted by Crippen LogP contribution is -2.31. The third-order valence-corrected chi connectivity index (χ3v) is 4.16. The third-order valence-electron chi connectivity index (χ3n) is 2.69. The molecule has 0 aliphatic rings. The molecule has 3 N–H and O–H groups in total. The lowest BCUT2D eigenvalue weighted by atomic mass is 10.3. The molecular weight excluding hydrogens is 302 g/mol. The normalized spacial score (nSPS) is 10.8. The molecule has 2 aromatic heterocycles. The van der Waals surface area contributed by atoms with Gasteiger partial charge in [0.1, 0.15) is 5.69 Å². The average molecular weight is 316 g/mol. The van der Waals surface area contributed by atoms with E-state index < -0.39 is 0 Å². The van der Waals surface area contributed by atoms with Crippen molar-refractivity contribution in [3.05, 3.63) is 10.7 Å². The van der Waals surface area contributed by atoms with Crippen LogP contribution in [0.4, 0.5) is 0 Å². The third kappa shape index (κ3) is 2.65. The van der Waals surface area contributed by atoms with Gasteiger partial charge in [0.05, 0.1) is 16.5 Å². The molecule has 2 heterocycles. The second kappa shape index (κ2) is 5.81. The van der Waals surface area contributed by atoms with Crippen molar-refractivity contribution in [1.82, 2.24) is 30.0 Å². The zero-order valence-electron chi connectivity index (χ0n) is 11.2. The Morgan fingerprint density at radius 3 is 2.70 bits per heavy atom. The quantitative estimate of drug-likeness (QED) is 0.363. The highest BCUT2D eigenvalue weighted by Gasteiger charge is 2.20. The van der Waals surface area contributed by atoms with Gasteiger partial charge in [0, 0.05) is 14.1 Å². The molecule has 0 bridgehead atoms. The number of hydrazine groups is 1. The predicted molar refractivity (Wildman–Crippen MR) is 76.0 cm³/mol. The molecule has 0 unspecified atom stereocenters. The highest BCUT2D eigenvalue weighted by Crippen LogP contribution is 2.30. The van der Waals surface area contributed by atoms with Crippen LogP contribution >= 0.6 is 23.4 Å². The Kier molecular flexibility index (Phi) is 4.31. The van der Waals surface area contributed by atoms with E-state index in [2.05, 4.69) is 20.7 Å². The molecule has 108 valence electrons. The number of carbonyl (C=O) groups is 1. The lowest BCUT2D eigenvalue weighted by Gasteiger charge is -2.04. The van der Waals surface area contributed by atoms with Crippen molar-refractivity contribution in [2.75, 3.05) is 5.75 Å². The molecule has 1 amide bonds. The summed E-state index contributed by atoms with van der Waals surface area (Å²) in [7, 11) is 3.59. The van der Waals surface area contributed by atoms with E-state index >= 15 is 0 Å². The van der Waals surface area contributed by atoms with Crippen molar-refractivity contribution in [3.8, 4) is 11.5 Å². The number of nitrogens with one attached hydrogen (secondary N) is 1. The molecule has 0 aliphatic heterocycles. The van der Waals surface area contributed by atoms with Gasteiger partial charge in [0.25, 0.3) is 0 Å². The minimum atomic E-state index is -0.283. The molecule has 0 fully saturated rings. The van der Waals surface area contributed by atoms with Crippen molar-refractivity contribution in [2.24, 2.45) is 19.9 Å². The van der Waals surface area contributed by atoms with E-state index in [1.54, 1.807) is 23.3 Å². The second-order valence-corrected chi connectivity index (χ2v) is 5.41. The number of rotatable bonds is 4. The van der Waals surface area contributed by atoms with Crippen LogP contribution in [-0.2, 0) is 18.9 Å². The molecule has 10 heteroatoms. The van der Waals surface area contributed by atoms with Crippen LogP contribution in [0, 0.1) is 6.92 Å². The summed E-state index contributed by atoms with van der Waals surface area (Å²) < 4.78 is 3.42. The molecule has 0 spiro atoms. The maximum absolute atomic E-state index is 11.1. The van der Waals surface area contributed by atoms with E-state index in [0.29, 0.717) is 21.7 Å². The van der Waals surface area contributed by atoms with E-state index in [0.717, 1.165) is 5.69 Å². The minimum absolute atomic E-state index is 0.167. The molecule has 0 aromatic carbocycles. The number of aryl methyl sites for hydroxylation is 2. The van der Waals surface area contributed by atoms with Crippen LogP contribution < -0.4 is 11.3 Å². The van der Waals surface area contributed by atoms with Crippen molar-refractivity contribution in [2.45, 2.75) is 12.1 Å². The Bertz CT molecular complexity index is 650. The van der Waals surface area contributed by atoms with Gasteiger partial charge in [-0.05, 0) is 6.92 Å². The Morgan fingerprint density at radius 1 is 1.45 bits per heavy atom. The molecule has 0 atom stereocenters. The first-order valence-corrected chi connectivity index (χ1v) is 7.03. The minimum Gasteiger partial charge on any atom is -0.304 e. The molecule has 8 nitrogen and oxygen atoms in total. The van der Waals surface area contributed by atoms with Gasteiger partial charge >= 0.3 is 0 Å². The van der Waals surface area contributed by atoms with Crippen LogP contribution in [0.15, 0.2) is 5.16 Å². The first-order chi connectivity index (χ1) is 9.45. The molecule has 0 aliphatic carbocycles. The van der Waals surface area contributed by atoms with E-state index in [4.69, 9.17) is 17.4 Å². The monoisotopic (exact) mass is 315 g/mol. The van der Waals surface area contributed by atoms with Crippen LogP contribution in [0.5, 0.6) is 0 Å². The largest absolute Gasteiger partial charge is 0.304 e. The summed E-state index contributed by atoms with van der Waals surface area (Å²) in [6.07, 6.45) is 0. The van der Waals surface area contributed by atoms with Gasteiger partial charge in [-0.2, -0.15) is 5.10 Å². The first-order valence-electron chi connectivity index (χ1n) is 5.66. The van der Waals surface area contributed by atoms with Crippen LogP contribution in [0.1, 0.15) is 5.69 Å². The zero-order valence-corrected chi connectivity index (χ0v) is 12.8. The van der Waals surface area contributed by atoms with E-state index in [9.17, 15) is 4.79 Å². The summed E-state index contributed by atoms with van der Waals surface area (Å²) in [5.74, 6) is 5.50. The Hall–Kier alpha value is -1.58. The van der Waals surface area contributed by atoms with Crippen molar-refractivity contribution in [3.63, 3.8) is 0 Å². The van der Waals surface area contributed by atoms with Crippen LogP contribution in [0.3, 0.4) is 0 Å². The molecule has 0 saturated carbocycles. The number of thioether (sulfide) groups is 1. The standard InChI is InChI=1S/C10H14ClN7OS/c1-5-7(11)8(18(3)16-5)9-14-15-10(17(9)2)20-4-6(19)13-12/h4,12H2,1-3H3,(H,13,19). The lowest BCUT2D eigenvalue weighted by molar-refractivity contribution is -0.118. The summed E-state index contributed by atoms with van der Waals surface area (Å²) in [6.45, 7) is 1.82. The Balaban J connectivity index is 2.31. The molecular formula is C10H14ClN7OS. The van der Waals surface area contributed by atoms with Crippen molar-refractivity contribution < 1.29 is 4.79 Å². The number of aromatic nitrogens is 5.